The molecule has 0 saturated carbocycles. The van der Waals surface area contributed by atoms with Gasteiger partial charge >= 0.3 is 0 Å². The second-order valence-corrected chi connectivity index (χ2v) is 5.77. The van der Waals surface area contributed by atoms with E-state index in [1.165, 1.54) is 17.6 Å². The summed E-state index contributed by atoms with van der Waals surface area (Å²) in [4.78, 5) is 30.9. The van der Waals surface area contributed by atoms with Crippen molar-refractivity contribution in [1.29, 1.82) is 0 Å². The number of morpholine rings is 1. The lowest BCUT2D eigenvalue weighted by atomic mass is 10.3. The number of carbonyl (C=O) groups is 2. The van der Waals surface area contributed by atoms with Crippen molar-refractivity contribution in [3.63, 3.8) is 0 Å². The van der Waals surface area contributed by atoms with E-state index in [9.17, 15) is 9.59 Å². The summed E-state index contributed by atoms with van der Waals surface area (Å²) in [5, 5.41) is 3.03. The minimum absolute atomic E-state index is 0.0724. The second kappa shape index (κ2) is 6.29. The number of furan rings is 1. The summed E-state index contributed by atoms with van der Waals surface area (Å²) >= 11 is 1.17. The van der Waals surface area contributed by atoms with E-state index < -0.39 is 0 Å². The molecule has 2 aromatic heterocycles. The van der Waals surface area contributed by atoms with Crippen molar-refractivity contribution in [3.05, 3.63) is 34.7 Å². The van der Waals surface area contributed by atoms with Crippen LogP contribution >= 0.6 is 11.3 Å². The van der Waals surface area contributed by atoms with Crippen LogP contribution in [0.3, 0.4) is 0 Å². The van der Waals surface area contributed by atoms with Gasteiger partial charge in [-0.15, -0.1) is 0 Å². The van der Waals surface area contributed by atoms with Gasteiger partial charge in [0.25, 0.3) is 11.8 Å². The normalized spacial score (nSPS) is 14.9. The number of ether oxygens (including phenoxy) is 1. The Hall–Kier alpha value is -2.19. The molecule has 0 spiro atoms. The molecule has 22 heavy (non-hydrogen) atoms. The number of aryl methyl sites for hydroxylation is 1. The molecule has 3 heterocycles. The standard InChI is InChI=1S/C14H15N3O4S/c1-9-11(13(19)17-4-7-20-8-5-17)22-14(15-9)16-12(18)10-3-2-6-21-10/h2-3,6H,4-5,7-8H2,1H3,(H,15,16,18). The Kier molecular flexibility index (Phi) is 4.21. The average Bonchev–Trinajstić information content (AvgIpc) is 3.17. The van der Waals surface area contributed by atoms with Crippen LogP contribution in [0.1, 0.15) is 25.9 Å². The molecule has 7 nitrogen and oxygen atoms in total. The molecule has 0 unspecified atom stereocenters. The number of nitrogens with one attached hydrogen (secondary N) is 1. The Balaban J connectivity index is 1.73. The molecular formula is C14H15N3O4S. The topological polar surface area (TPSA) is 84.7 Å². The molecule has 1 aliphatic heterocycles. The number of rotatable bonds is 3. The summed E-state index contributed by atoms with van der Waals surface area (Å²) in [6.07, 6.45) is 1.43. The first kappa shape index (κ1) is 14.7. The Labute approximate surface area is 130 Å². The van der Waals surface area contributed by atoms with Gasteiger partial charge in [0, 0.05) is 13.1 Å². The number of hydrogen-bond acceptors (Lipinski definition) is 6. The monoisotopic (exact) mass is 321 g/mol. The molecule has 0 radical (unpaired) electrons. The zero-order chi connectivity index (χ0) is 15.5. The van der Waals surface area contributed by atoms with Gasteiger partial charge in [0.2, 0.25) is 0 Å². The van der Waals surface area contributed by atoms with Crippen molar-refractivity contribution in [2.24, 2.45) is 0 Å². The zero-order valence-corrected chi connectivity index (χ0v) is 12.8. The smallest absolute Gasteiger partial charge is 0.293 e. The fraction of sp³-hybridized carbons (Fsp3) is 0.357. The van der Waals surface area contributed by atoms with E-state index in [1.807, 2.05) is 0 Å². The van der Waals surface area contributed by atoms with Gasteiger partial charge in [-0.25, -0.2) is 4.98 Å². The van der Waals surface area contributed by atoms with E-state index in [-0.39, 0.29) is 17.6 Å². The third-order valence-corrected chi connectivity index (χ3v) is 4.32. The fourth-order valence-corrected chi connectivity index (χ4v) is 3.05. The highest BCUT2D eigenvalue weighted by atomic mass is 32.1. The maximum Gasteiger partial charge on any atom is 0.293 e. The molecule has 0 aliphatic carbocycles. The summed E-state index contributed by atoms with van der Waals surface area (Å²) in [5.41, 5.74) is 0.608. The van der Waals surface area contributed by atoms with Crippen LogP contribution in [0.4, 0.5) is 5.13 Å². The maximum atomic E-state index is 12.5. The van der Waals surface area contributed by atoms with E-state index in [0.29, 0.717) is 42.0 Å². The van der Waals surface area contributed by atoms with Crippen LogP contribution in [-0.2, 0) is 4.74 Å². The van der Waals surface area contributed by atoms with Gasteiger partial charge in [0.15, 0.2) is 10.9 Å². The molecule has 0 aromatic carbocycles. The van der Waals surface area contributed by atoms with Gasteiger partial charge in [0.1, 0.15) is 4.88 Å². The molecule has 0 atom stereocenters. The van der Waals surface area contributed by atoms with Crippen molar-refractivity contribution in [2.45, 2.75) is 6.92 Å². The largest absolute Gasteiger partial charge is 0.459 e. The summed E-state index contributed by atoms with van der Waals surface area (Å²) in [5.74, 6) is -0.255. The molecule has 1 aliphatic rings. The van der Waals surface area contributed by atoms with Crippen LogP contribution in [0.25, 0.3) is 0 Å². The third kappa shape index (κ3) is 3.02. The van der Waals surface area contributed by atoms with Crippen LogP contribution in [0, 0.1) is 6.92 Å². The van der Waals surface area contributed by atoms with E-state index in [1.54, 1.807) is 24.0 Å². The summed E-state index contributed by atoms with van der Waals surface area (Å²) in [7, 11) is 0. The van der Waals surface area contributed by atoms with E-state index in [2.05, 4.69) is 10.3 Å². The summed E-state index contributed by atoms with van der Waals surface area (Å²) in [6.45, 7) is 4.00. The minimum atomic E-state index is -0.385. The SMILES string of the molecule is Cc1nc(NC(=O)c2ccco2)sc1C(=O)N1CCOCC1. The van der Waals surface area contributed by atoms with Crippen LogP contribution in [0.15, 0.2) is 22.8 Å². The molecule has 2 amide bonds. The van der Waals surface area contributed by atoms with Crippen LogP contribution in [0.5, 0.6) is 0 Å². The van der Waals surface area contributed by atoms with Gasteiger partial charge in [-0.3, -0.25) is 14.9 Å². The van der Waals surface area contributed by atoms with Crippen molar-refractivity contribution in [1.82, 2.24) is 9.88 Å². The van der Waals surface area contributed by atoms with Gasteiger partial charge in [0.05, 0.1) is 25.2 Å². The molecule has 3 rings (SSSR count). The van der Waals surface area contributed by atoms with E-state index >= 15 is 0 Å². The van der Waals surface area contributed by atoms with Crippen LogP contribution in [-0.4, -0.2) is 48.0 Å². The number of thiazole rings is 1. The van der Waals surface area contributed by atoms with E-state index in [0.717, 1.165) is 0 Å². The van der Waals surface area contributed by atoms with Crippen molar-refractivity contribution in [3.8, 4) is 0 Å². The Bertz CT molecular complexity index is 674. The predicted octanol–water partition coefficient (Wildman–Crippen LogP) is 1.77. The molecule has 116 valence electrons. The lowest BCUT2D eigenvalue weighted by molar-refractivity contribution is 0.0305. The fourth-order valence-electron chi connectivity index (χ4n) is 2.12. The molecule has 1 saturated heterocycles. The first-order valence-electron chi connectivity index (χ1n) is 6.84. The molecule has 0 bridgehead atoms. The second-order valence-electron chi connectivity index (χ2n) is 4.77. The van der Waals surface area contributed by atoms with Gasteiger partial charge in [-0.05, 0) is 19.1 Å². The minimum Gasteiger partial charge on any atom is -0.459 e. The Morgan fingerprint density at radius 2 is 2.14 bits per heavy atom. The van der Waals surface area contributed by atoms with Gasteiger partial charge in [-0.1, -0.05) is 11.3 Å². The Morgan fingerprint density at radius 1 is 1.36 bits per heavy atom. The summed E-state index contributed by atoms with van der Waals surface area (Å²) in [6, 6.07) is 3.20. The summed E-state index contributed by atoms with van der Waals surface area (Å²) < 4.78 is 10.3. The number of anilines is 1. The molecule has 2 aromatic rings. The van der Waals surface area contributed by atoms with Gasteiger partial charge in [-0.2, -0.15) is 0 Å². The van der Waals surface area contributed by atoms with E-state index in [4.69, 9.17) is 9.15 Å². The van der Waals surface area contributed by atoms with Crippen LogP contribution < -0.4 is 5.32 Å². The lowest BCUT2D eigenvalue weighted by Crippen LogP contribution is -2.40. The molecule has 1 fully saturated rings. The highest BCUT2D eigenvalue weighted by Crippen LogP contribution is 2.25. The predicted molar refractivity (Wildman–Crippen MR) is 80.2 cm³/mol. The third-order valence-electron chi connectivity index (χ3n) is 3.25. The first-order valence-corrected chi connectivity index (χ1v) is 7.66. The molecule has 1 N–H and O–H groups in total. The van der Waals surface area contributed by atoms with Crippen molar-refractivity contribution < 1.29 is 18.7 Å². The zero-order valence-electron chi connectivity index (χ0n) is 12.0. The highest BCUT2D eigenvalue weighted by molar-refractivity contribution is 7.17. The number of nitrogens with zero attached hydrogens (tertiary/aromatic N) is 2. The average molecular weight is 321 g/mol. The Morgan fingerprint density at radius 3 is 2.82 bits per heavy atom. The number of aromatic nitrogens is 1. The lowest BCUT2D eigenvalue weighted by Gasteiger charge is -2.26. The van der Waals surface area contributed by atoms with Crippen molar-refractivity contribution >= 4 is 28.3 Å². The highest BCUT2D eigenvalue weighted by Gasteiger charge is 2.24. The first-order chi connectivity index (χ1) is 10.6. The van der Waals surface area contributed by atoms with Crippen LogP contribution in [0.2, 0.25) is 0 Å². The molecule has 8 heteroatoms. The quantitative estimate of drug-likeness (QED) is 0.931. The maximum absolute atomic E-state index is 12.5. The molecular weight excluding hydrogens is 306 g/mol. The van der Waals surface area contributed by atoms with Crippen molar-refractivity contribution in [2.75, 3.05) is 31.6 Å². The number of hydrogen-bond donors (Lipinski definition) is 1. The number of carbonyl (C=O) groups excluding carboxylic acids is 2. The number of amides is 2. The van der Waals surface area contributed by atoms with Gasteiger partial charge < -0.3 is 14.1 Å².